The van der Waals surface area contributed by atoms with E-state index < -0.39 is 0 Å². The van der Waals surface area contributed by atoms with Crippen molar-refractivity contribution in [2.45, 2.75) is 58.0 Å². The SMILES string of the molecule is CC(C)N(C)c1cccc(NC(=O)N2CCC[C@H](N3CCCC3=O)CC2)c1. The van der Waals surface area contributed by atoms with Gasteiger partial charge < -0.3 is 20.0 Å². The Labute approximate surface area is 162 Å². The van der Waals surface area contributed by atoms with Gasteiger partial charge in [-0.25, -0.2) is 4.79 Å². The first-order valence-electron chi connectivity index (χ1n) is 10.1. The third kappa shape index (κ3) is 4.73. The lowest BCUT2D eigenvalue weighted by molar-refractivity contribution is -0.129. The average molecular weight is 373 g/mol. The predicted octanol–water partition coefficient (Wildman–Crippen LogP) is 3.54. The molecule has 1 aromatic rings. The molecule has 6 nitrogen and oxygen atoms in total. The third-order valence-electron chi connectivity index (χ3n) is 5.81. The van der Waals surface area contributed by atoms with Crippen molar-refractivity contribution >= 4 is 23.3 Å². The molecule has 2 aliphatic heterocycles. The molecule has 0 saturated carbocycles. The predicted molar refractivity (Wildman–Crippen MR) is 109 cm³/mol. The number of nitrogens with one attached hydrogen (secondary N) is 1. The fourth-order valence-corrected chi connectivity index (χ4v) is 3.95. The molecule has 0 aliphatic carbocycles. The van der Waals surface area contributed by atoms with Crippen molar-refractivity contribution < 1.29 is 9.59 Å². The zero-order chi connectivity index (χ0) is 19.4. The lowest BCUT2D eigenvalue weighted by Crippen LogP contribution is -2.39. The normalized spacial score (nSPS) is 20.7. The Bertz CT molecular complexity index is 676. The van der Waals surface area contributed by atoms with Crippen LogP contribution in [0, 0.1) is 0 Å². The largest absolute Gasteiger partial charge is 0.372 e. The van der Waals surface area contributed by atoms with E-state index >= 15 is 0 Å². The van der Waals surface area contributed by atoms with Crippen molar-refractivity contribution in [3.05, 3.63) is 24.3 Å². The summed E-state index contributed by atoms with van der Waals surface area (Å²) in [5.41, 5.74) is 1.91. The summed E-state index contributed by atoms with van der Waals surface area (Å²) >= 11 is 0. The van der Waals surface area contributed by atoms with Crippen LogP contribution in [0.5, 0.6) is 0 Å². The van der Waals surface area contributed by atoms with Crippen molar-refractivity contribution in [3.63, 3.8) is 0 Å². The molecule has 3 amide bonds. The van der Waals surface area contributed by atoms with Crippen molar-refractivity contribution in [2.24, 2.45) is 0 Å². The topological polar surface area (TPSA) is 55.9 Å². The number of carbonyl (C=O) groups is 2. The second-order valence-electron chi connectivity index (χ2n) is 7.95. The Morgan fingerprint density at radius 3 is 2.70 bits per heavy atom. The molecule has 6 heteroatoms. The molecule has 27 heavy (non-hydrogen) atoms. The molecule has 2 saturated heterocycles. The fraction of sp³-hybridized carbons (Fsp3) is 0.619. The van der Waals surface area contributed by atoms with Gasteiger partial charge in [0.25, 0.3) is 0 Å². The number of anilines is 2. The second-order valence-corrected chi connectivity index (χ2v) is 7.95. The standard InChI is InChI=1S/C21H32N4O2/c1-16(2)23(3)19-8-4-7-17(15-19)22-21(27)24-12-5-9-18(11-14-24)25-13-6-10-20(25)26/h4,7-8,15-16,18H,5-6,9-14H2,1-3H3,(H,22,27)/t18-/m0/s1. The number of carbonyl (C=O) groups excluding carboxylic acids is 2. The van der Waals surface area contributed by atoms with Gasteiger partial charge in [-0.1, -0.05) is 6.07 Å². The van der Waals surface area contributed by atoms with Gasteiger partial charge in [0.1, 0.15) is 0 Å². The van der Waals surface area contributed by atoms with Crippen LogP contribution in [0.3, 0.4) is 0 Å². The molecule has 1 atom stereocenters. The van der Waals surface area contributed by atoms with Gasteiger partial charge in [-0.3, -0.25) is 4.79 Å². The minimum absolute atomic E-state index is 0.0484. The van der Waals surface area contributed by atoms with Gasteiger partial charge >= 0.3 is 6.03 Å². The van der Waals surface area contributed by atoms with E-state index in [1.54, 1.807) is 0 Å². The molecule has 2 heterocycles. The molecule has 3 rings (SSSR count). The zero-order valence-corrected chi connectivity index (χ0v) is 16.8. The molecule has 2 fully saturated rings. The number of urea groups is 1. The van der Waals surface area contributed by atoms with Crippen LogP contribution in [-0.2, 0) is 4.79 Å². The van der Waals surface area contributed by atoms with Gasteiger partial charge in [-0.2, -0.15) is 0 Å². The van der Waals surface area contributed by atoms with E-state index in [9.17, 15) is 9.59 Å². The lowest BCUT2D eigenvalue weighted by Gasteiger charge is -2.27. The van der Waals surface area contributed by atoms with Gasteiger partial charge in [0.15, 0.2) is 0 Å². The monoisotopic (exact) mass is 372 g/mol. The van der Waals surface area contributed by atoms with E-state index in [-0.39, 0.29) is 11.9 Å². The Balaban J connectivity index is 1.58. The Morgan fingerprint density at radius 1 is 1.19 bits per heavy atom. The van der Waals surface area contributed by atoms with E-state index in [1.165, 1.54) is 0 Å². The maximum Gasteiger partial charge on any atom is 0.321 e. The van der Waals surface area contributed by atoms with Gasteiger partial charge in [-0.05, 0) is 57.7 Å². The number of nitrogens with zero attached hydrogens (tertiary/aromatic N) is 3. The van der Waals surface area contributed by atoms with Crippen LogP contribution >= 0.6 is 0 Å². The van der Waals surface area contributed by atoms with Crippen molar-refractivity contribution in [1.29, 1.82) is 0 Å². The third-order valence-corrected chi connectivity index (χ3v) is 5.81. The Kier molecular flexibility index (Phi) is 6.24. The molecule has 0 spiro atoms. The van der Waals surface area contributed by atoms with Gasteiger partial charge in [-0.15, -0.1) is 0 Å². The number of hydrogen-bond donors (Lipinski definition) is 1. The van der Waals surface area contributed by atoms with E-state index in [0.717, 1.165) is 50.1 Å². The summed E-state index contributed by atoms with van der Waals surface area (Å²) in [5.74, 6) is 0.281. The maximum atomic E-state index is 12.7. The first kappa shape index (κ1) is 19.5. The summed E-state index contributed by atoms with van der Waals surface area (Å²) in [5, 5.41) is 3.05. The number of hydrogen-bond acceptors (Lipinski definition) is 3. The summed E-state index contributed by atoms with van der Waals surface area (Å²) in [6.07, 6.45) is 4.46. The van der Waals surface area contributed by atoms with E-state index in [1.807, 2.05) is 28.0 Å². The van der Waals surface area contributed by atoms with Gasteiger partial charge in [0.2, 0.25) is 5.91 Å². The highest BCUT2D eigenvalue weighted by Crippen LogP contribution is 2.24. The van der Waals surface area contributed by atoms with Gasteiger partial charge in [0.05, 0.1) is 0 Å². The van der Waals surface area contributed by atoms with Crippen LogP contribution in [0.25, 0.3) is 0 Å². The van der Waals surface area contributed by atoms with Crippen LogP contribution in [-0.4, -0.2) is 60.5 Å². The number of rotatable bonds is 4. The average Bonchev–Trinajstić information content (AvgIpc) is 2.92. The van der Waals surface area contributed by atoms with Crippen molar-refractivity contribution in [2.75, 3.05) is 36.9 Å². The quantitative estimate of drug-likeness (QED) is 0.879. The molecule has 0 radical (unpaired) electrons. The summed E-state index contributed by atoms with van der Waals surface area (Å²) in [7, 11) is 2.06. The van der Waals surface area contributed by atoms with E-state index in [4.69, 9.17) is 0 Å². The minimum Gasteiger partial charge on any atom is -0.372 e. The van der Waals surface area contributed by atoms with Crippen LogP contribution < -0.4 is 10.2 Å². The number of likely N-dealkylation sites (tertiary alicyclic amines) is 2. The molecule has 1 N–H and O–H groups in total. The summed E-state index contributed by atoms with van der Waals surface area (Å²) in [6, 6.07) is 8.61. The zero-order valence-electron chi connectivity index (χ0n) is 16.8. The highest BCUT2D eigenvalue weighted by molar-refractivity contribution is 5.90. The van der Waals surface area contributed by atoms with Crippen molar-refractivity contribution in [3.8, 4) is 0 Å². The van der Waals surface area contributed by atoms with Crippen LogP contribution in [0.1, 0.15) is 46.0 Å². The summed E-state index contributed by atoms with van der Waals surface area (Å²) in [6.45, 7) is 6.61. The van der Waals surface area contributed by atoms with Crippen molar-refractivity contribution in [1.82, 2.24) is 9.80 Å². The Hall–Kier alpha value is -2.24. The minimum atomic E-state index is -0.0484. The highest BCUT2D eigenvalue weighted by Gasteiger charge is 2.30. The molecule has 2 aliphatic rings. The molecule has 1 aromatic carbocycles. The van der Waals surface area contributed by atoms with Gasteiger partial charge in [0, 0.05) is 56.6 Å². The molecule has 0 aromatic heterocycles. The van der Waals surface area contributed by atoms with E-state index in [0.29, 0.717) is 25.0 Å². The van der Waals surface area contributed by atoms with E-state index in [2.05, 4.69) is 37.2 Å². The molecular formula is C21H32N4O2. The summed E-state index contributed by atoms with van der Waals surface area (Å²) < 4.78 is 0. The molecular weight excluding hydrogens is 340 g/mol. The first-order valence-corrected chi connectivity index (χ1v) is 10.1. The Morgan fingerprint density at radius 2 is 2.00 bits per heavy atom. The number of amides is 3. The molecule has 0 unspecified atom stereocenters. The molecule has 148 valence electrons. The molecule has 0 bridgehead atoms. The first-order chi connectivity index (χ1) is 13.0. The van der Waals surface area contributed by atoms with Crippen LogP contribution in [0.4, 0.5) is 16.2 Å². The summed E-state index contributed by atoms with van der Waals surface area (Å²) in [4.78, 5) is 30.9. The highest BCUT2D eigenvalue weighted by atomic mass is 16.2. The smallest absolute Gasteiger partial charge is 0.321 e. The number of benzene rings is 1. The van der Waals surface area contributed by atoms with Crippen LogP contribution in [0.2, 0.25) is 0 Å². The lowest BCUT2D eigenvalue weighted by atomic mass is 10.1. The van der Waals surface area contributed by atoms with Crippen LogP contribution in [0.15, 0.2) is 24.3 Å². The maximum absolute atomic E-state index is 12.7. The fourth-order valence-electron chi connectivity index (χ4n) is 3.95. The second kappa shape index (κ2) is 8.63.